The number of anilines is 1. The molecular weight excluding hydrogens is 418 g/mol. The van der Waals surface area contributed by atoms with Gasteiger partial charge in [0, 0.05) is 27.9 Å². The lowest BCUT2D eigenvalue weighted by Gasteiger charge is -2.15. The molecule has 0 aliphatic heterocycles. The molecule has 2 heterocycles. The molecule has 0 saturated carbocycles. The molecule has 0 fully saturated rings. The molecule has 0 bridgehead atoms. The van der Waals surface area contributed by atoms with Crippen LogP contribution in [0.15, 0.2) is 41.2 Å². The largest absolute Gasteiger partial charge is 0.493 e. The Labute approximate surface area is 182 Å². The number of ether oxygens (including phenoxy) is 3. The maximum absolute atomic E-state index is 13.1. The van der Waals surface area contributed by atoms with E-state index in [1.807, 2.05) is 24.3 Å². The van der Waals surface area contributed by atoms with Crippen LogP contribution in [0.3, 0.4) is 0 Å². The number of carbonyl (C=O) groups is 1. The van der Waals surface area contributed by atoms with Crippen molar-refractivity contribution in [2.45, 2.75) is 13.5 Å². The molecule has 2 aromatic carbocycles. The third kappa shape index (κ3) is 3.68. The standard InChI is InChI=1S/C22H21N3O5S/c1-12-23-19-14-7-5-6-8-17(14)31-21(19)22(27)25(12)11-18(26)24-13-9-15(28-2)20(30-4)16(10-13)29-3/h5-10H,11H2,1-4H3,(H,24,26). The maximum Gasteiger partial charge on any atom is 0.272 e. The van der Waals surface area contributed by atoms with Gasteiger partial charge in [-0.15, -0.1) is 11.3 Å². The van der Waals surface area contributed by atoms with Crippen molar-refractivity contribution >= 4 is 43.2 Å². The average Bonchev–Trinajstić information content (AvgIpc) is 3.14. The van der Waals surface area contributed by atoms with E-state index >= 15 is 0 Å². The van der Waals surface area contributed by atoms with E-state index < -0.39 is 0 Å². The molecule has 2 aromatic heterocycles. The normalized spacial score (nSPS) is 11.0. The van der Waals surface area contributed by atoms with Crippen molar-refractivity contribution in [3.8, 4) is 17.2 Å². The molecule has 0 aliphatic carbocycles. The first-order valence-corrected chi connectivity index (χ1v) is 10.3. The highest BCUT2D eigenvalue weighted by molar-refractivity contribution is 7.25. The van der Waals surface area contributed by atoms with Gasteiger partial charge in [0.25, 0.3) is 5.56 Å². The van der Waals surface area contributed by atoms with Crippen molar-refractivity contribution in [3.05, 3.63) is 52.6 Å². The van der Waals surface area contributed by atoms with Gasteiger partial charge in [-0.05, 0) is 13.0 Å². The molecule has 1 N–H and O–H groups in total. The highest BCUT2D eigenvalue weighted by Gasteiger charge is 2.18. The topological polar surface area (TPSA) is 91.7 Å². The number of hydrogen-bond acceptors (Lipinski definition) is 7. The van der Waals surface area contributed by atoms with Crippen LogP contribution in [0, 0.1) is 6.92 Å². The van der Waals surface area contributed by atoms with Gasteiger partial charge in [0.05, 0.1) is 26.8 Å². The number of rotatable bonds is 6. The number of benzene rings is 2. The van der Waals surface area contributed by atoms with Gasteiger partial charge in [0.1, 0.15) is 17.1 Å². The predicted octanol–water partition coefficient (Wildman–Crippen LogP) is 3.58. The Morgan fingerprint density at radius 1 is 1.10 bits per heavy atom. The Morgan fingerprint density at radius 3 is 2.42 bits per heavy atom. The monoisotopic (exact) mass is 439 g/mol. The summed E-state index contributed by atoms with van der Waals surface area (Å²) in [4.78, 5) is 30.4. The molecule has 0 atom stereocenters. The van der Waals surface area contributed by atoms with Crippen LogP contribution in [-0.2, 0) is 11.3 Å². The molecule has 1 amide bonds. The van der Waals surface area contributed by atoms with Crippen LogP contribution >= 0.6 is 11.3 Å². The Hall–Kier alpha value is -3.59. The van der Waals surface area contributed by atoms with Gasteiger partial charge in [0.15, 0.2) is 11.5 Å². The third-order valence-corrected chi connectivity index (χ3v) is 6.07. The number of aromatic nitrogens is 2. The second kappa shape index (κ2) is 8.27. The zero-order valence-corrected chi connectivity index (χ0v) is 18.3. The number of thiophene rings is 1. The summed E-state index contributed by atoms with van der Waals surface area (Å²) >= 11 is 1.38. The number of methoxy groups -OCH3 is 3. The van der Waals surface area contributed by atoms with Gasteiger partial charge < -0.3 is 19.5 Å². The Morgan fingerprint density at radius 2 is 1.77 bits per heavy atom. The smallest absolute Gasteiger partial charge is 0.272 e. The fraction of sp³-hybridized carbons (Fsp3) is 0.227. The van der Waals surface area contributed by atoms with E-state index in [0.717, 1.165) is 10.1 Å². The van der Waals surface area contributed by atoms with Crippen LogP contribution in [0.1, 0.15) is 5.82 Å². The van der Waals surface area contributed by atoms with Gasteiger partial charge in [-0.25, -0.2) is 4.98 Å². The number of hydrogen-bond donors (Lipinski definition) is 1. The van der Waals surface area contributed by atoms with E-state index in [1.54, 1.807) is 19.1 Å². The lowest BCUT2D eigenvalue weighted by Crippen LogP contribution is -2.29. The summed E-state index contributed by atoms with van der Waals surface area (Å²) < 4.78 is 18.8. The molecule has 4 rings (SSSR count). The average molecular weight is 439 g/mol. The summed E-state index contributed by atoms with van der Waals surface area (Å²) in [6.45, 7) is 1.55. The van der Waals surface area contributed by atoms with Gasteiger partial charge in [-0.3, -0.25) is 14.2 Å². The van der Waals surface area contributed by atoms with Crippen molar-refractivity contribution in [1.29, 1.82) is 0 Å². The Kier molecular flexibility index (Phi) is 5.51. The quantitative estimate of drug-likeness (QED) is 0.494. The zero-order valence-electron chi connectivity index (χ0n) is 17.5. The first-order valence-electron chi connectivity index (χ1n) is 9.45. The molecule has 160 valence electrons. The second-order valence-electron chi connectivity index (χ2n) is 6.79. The molecule has 4 aromatic rings. The fourth-order valence-electron chi connectivity index (χ4n) is 3.46. The number of nitrogens with zero attached hydrogens (tertiary/aromatic N) is 2. The molecule has 0 radical (unpaired) electrons. The Bertz CT molecular complexity index is 1330. The first kappa shape index (κ1) is 20.7. The van der Waals surface area contributed by atoms with E-state index in [-0.39, 0.29) is 18.0 Å². The third-order valence-electron chi connectivity index (χ3n) is 4.92. The number of carbonyl (C=O) groups excluding carboxylic acids is 1. The van der Waals surface area contributed by atoms with Crippen molar-refractivity contribution < 1.29 is 19.0 Å². The molecule has 9 heteroatoms. The van der Waals surface area contributed by atoms with Gasteiger partial charge >= 0.3 is 0 Å². The van der Waals surface area contributed by atoms with Crippen LogP contribution in [0.2, 0.25) is 0 Å². The fourth-order valence-corrected chi connectivity index (χ4v) is 4.55. The van der Waals surface area contributed by atoms with E-state index in [0.29, 0.717) is 39.0 Å². The lowest BCUT2D eigenvalue weighted by atomic mass is 10.2. The highest BCUT2D eigenvalue weighted by atomic mass is 32.1. The number of fused-ring (bicyclic) bond motifs is 3. The first-order chi connectivity index (χ1) is 15.0. The van der Waals surface area contributed by atoms with Gasteiger partial charge in [-0.1, -0.05) is 18.2 Å². The molecule has 0 aliphatic rings. The highest BCUT2D eigenvalue weighted by Crippen LogP contribution is 2.40. The van der Waals surface area contributed by atoms with Crippen LogP contribution in [0.5, 0.6) is 17.2 Å². The van der Waals surface area contributed by atoms with Crippen molar-refractivity contribution in [2.75, 3.05) is 26.6 Å². The molecule has 8 nitrogen and oxygen atoms in total. The van der Waals surface area contributed by atoms with E-state index in [4.69, 9.17) is 14.2 Å². The van der Waals surface area contributed by atoms with Crippen molar-refractivity contribution in [1.82, 2.24) is 9.55 Å². The second-order valence-corrected chi connectivity index (χ2v) is 7.84. The van der Waals surface area contributed by atoms with Crippen molar-refractivity contribution in [2.24, 2.45) is 0 Å². The summed E-state index contributed by atoms with van der Waals surface area (Å²) in [6.07, 6.45) is 0. The summed E-state index contributed by atoms with van der Waals surface area (Å²) in [5, 5.41) is 3.72. The summed E-state index contributed by atoms with van der Waals surface area (Å²) in [6, 6.07) is 11.0. The summed E-state index contributed by atoms with van der Waals surface area (Å²) in [7, 11) is 4.50. The SMILES string of the molecule is COc1cc(NC(=O)Cn2c(C)nc3c(sc4ccccc43)c2=O)cc(OC)c1OC. The van der Waals surface area contributed by atoms with E-state index in [1.165, 1.54) is 37.2 Å². The lowest BCUT2D eigenvalue weighted by molar-refractivity contribution is -0.116. The van der Waals surface area contributed by atoms with Crippen LogP contribution in [0.4, 0.5) is 5.69 Å². The van der Waals surface area contributed by atoms with Gasteiger partial charge in [-0.2, -0.15) is 0 Å². The molecule has 31 heavy (non-hydrogen) atoms. The zero-order chi connectivity index (χ0) is 22.1. The minimum Gasteiger partial charge on any atom is -0.493 e. The maximum atomic E-state index is 13.1. The Balaban J connectivity index is 1.66. The number of nitrogens with one attached hydrogen (secondary N) is 1. The van der Waals surface area contributed by atoms with Crippen molar-refractivity contribution in [3.63, 3.8) is 0 Å². The summed E-state index contributed by atoms with van der Waals surface area (Å²) in [5.41, 5.74) is 0.897. The van der Waals surface area contributed by atoms with E-state index in [9.17, 15) is 9.59 Å². The number of aryl methyl sites for hydroxylation is 1. The van der Waals surface area contributed by atoms with Crippen LogP contribution < -0.4 is 25.1 Å². The van der Waals surface area contributed by atoms with E-state index in [2.05, 4.69) is 10.3 Å². The van der Waals surface area contributed by atoms with Crippen LogP contribution in [0.25, 0.3) is 20.3 Å². The molecular formula is C22H21N3O5S. The molecule has 0 saturated heterocycles. The summed E-state index contributed by atoms with van der Waals surface area (Å²) in [5.74, 6) is 1.36. The molecule has 0 unspecified atom stereocenters. The van der Waals surface area contributed by atoms with Gasteiger partial charge in [0.2, 0.25) is 11.7 Å². The molecule has 0 spiro atoms. The minimum atomic E-state index is -0.373. The van der Waals surface area contributed by atoms with Crippen LogP contribution in [-0.4, -0.2) is 36.8 Å². The minimum absolute atomic E-state index is 0.168. The predicted molar refractivity (Wildman–Crippen MR) is 121 cm³/mol. The number of amides is 1.